The van der Waals surface area contributed by atoms with Gasteiger partial charge in [0.2, 0.25) is 0 Å². The lowest BCUT2D eigenvalue weighted by atomic mass is 9.92. The fourth-order valence-corrected chi connectivity index (χ4v) is 2.10. The lowest BCUT2D eigenvalue weighted by molar-refractivity contribution is -0.121. The molecular weight excluding hydrogens is 160 g/mol. The summed E-state index contributed by atoms with van der Waals surface area (Å²) >= 11 is 0. The lowest BCUT2D eigenvalue weighted by Crippen LogP contribution is -2.71. The quantitative estimate of drug-likeness (QED) is 0.279. The molecule has 5 atom stereocenters. The van der Waals surface area contributed by atoms with E-state index in [4.69, 9.17) is 5.73 Å². The van der Waals surface area contributed by atoms with Crippen LogP contribution in [0.25, 0.3) is 0 Å². The van der Waals surface area contributed by atoms with Gasteiger partial charge in [0.15, 0.2) is 0 Å². The van der Waals surface area contributed by atoms with Crippen molar-refractivity contribution >= 4 is 0 Å². The Kier molecular flexibility index (Phi) is 1.68. The lowest BCUT2D eigenvalue weighted by Gasteiger charge is -2.41. The predicted octanol–water partition coefficient (Wildman–Crippen LogP) is -2.51. The molecular formula is C7H14N2O3. The molecule has 0 aromatic heterocycles. The van der Waals surface area contributed by atoms with Crippen LogP contribution in [0.1, 0.15) is 12.8 Å². The second kappa shape index (κ2) is 2.40. The molecule has 0 radical (unpaired) electrons. The van der Waals surface area contributed by atoms with Crippen LogP contribution in [0.5, 0.6) is 0 Å². The Hall–Kier alpha value is -0.200. The fraction of sp³-hybridized carbons (Fsp3) is 1.00. The average molecular weight is 174 g/mol. The number of piperidine rings is 1. The van der Waals surface area contributed by atoms with E-state index in [-0.39, 0.29) is 6.04 Å². The van der Waals surface area contributed by atoms with Crippen LogP contribution in [0.2, 0.25) is 0 Å². The van der Waals surface area contributed by atoms with Gasteiger partial charge in [0.25, 0.3) is 0 Å². The van der Waals surface area contributed by atoms with Crippen LogP contribution in [0, 0.1) is 0 Å². The number of hydrogen-bond donors (Lipinski definition) is 5. The molecule has 5 nitrogen and oxygen atoms in total. The highest BCUT2D eigenvalue weighted by atomic mass is 16.4. The molecule has 0 amide bonds. The van der Waals surface area contributed by atoms with E-state index in [1.54, 1.807) is 0 Å². The molecule has 5 heteroatoms. The number of hydrogen-bond acceptors (Lipinski definition) is 5. The molecule has 2 saturated heterocycles. The third-order valence-corrected chi connectivity index (χ3v) is 2.94. The molecule has 0 aromatic carbocycles. The Morgan fingerprint density at radius 1 is 1.25 bits per heavy atom. The molecule has 0 unspecified atom stereocenters. The second-order valence-corrected chi connectivity index (χ2v) is 3.76. The third-order valence-electron chi connectivity index (χ3n) is 2.94. The molecule has 6 N–H and O–H groups in total. The highest BCUT2D eigenvalue weighted by Crippen LogP contribution is 2.32. The molecule has 0 spiro atoms. The van der Waals surface area contributed by atoms with E-state index in [9.17, 15) is 15.3 Å². The Morgan fingerprint density at radius 3 is 2.58 bits per heavy atom. The Bertz CT molecular complexity index is 201. The van der Waals surface area contributed by atoms with E-state index >= 15 is 0 Å². The predicted molar refractivity (Wildman–Crippen MR) is 41.1 cm³/mol. The third kappa shape index (κ3) is 0.915. The number of fused-ring (bicyclic) bond motifs is 2. The maximum absolute atomic E-state index is 9.50. The van der Waals surface area contributed by atoms with Crippen molar-refractivity contribution in [1.29, 1.82) is 0 Å². The van der Waals surface area contributed by atoms with E-state index in [2.05, 4.69) is 5.32 Å². The summed E-state index contributed by atoms with van der Waals surface area (Å²) in [5, 5.41) is 31.2. The van der Waals surface area contributed by atoms with Crippen molar-refractivity contribution in [2.24, 2.45) is 5.73 Å². The van der Waals surface area contributed by atoms with Gasteiger partial charge < -0.3 is 21.1 Å². The van der Waals surface area contributed by atoms with Crippen molar-refractivity contribution < 1.29 is 15.3 Å². The van der Waals surface area contributed by atoms with E-state index in [1.807, 2.05) is 0 Å². The number of nitrogens with two attached hydrogens (primary N) is 1. The molecule has 2 bridgehead atoms. The molecule has 2 aliphatic heterocycles. The van der Waals surface area contributed by atoms with E-state index in [1.165, 1.54) is 0 Å². The number of aliphatic hydroxyl groups excluding tert-OH is 3. The Labute approximate surface area is 70.2 Å². The van der Waals surface area contributed by atoms with Crippen LogP contribution in [0.15, 0.2) is 0 Å². The molecule has 70 valence electrons. The summed E-state index contributed by atoms with van der Waals surface area (Å²) in [5.74, 6) is 0. The standard InChI is InChI=1S/C7H14N2O3/c8-7-2-1-3(9-7)4(10)5(11)6(7)12/h3-6,9-12H,1-2,8H2/t3-,4+,5-,6+,7+/m0/s1. The smallest absolute Gasteiger partial charge is 0.114 e. The van der Waals surface area contributed by atoms with Gasteiger partial charge in [-0.25, -0.2) is 0 Å². The second-order valence-electron chi connectivity index (χ2n) is 3.76. The largest absolute Gasteiger partial charge is 0.389 e. The summed E-state index contributed by atoms with van der Waals surface area (Å²) < 4.78 is 0. The van der Waals surface area contributed by atoms with Crippen LogP contribution in [0.4, 0.5) is 0 Å². The minimum Gasteiger partial charge on any atom is -0.389 e. The maximum Gasteiger partial charge on any atom is 0.114 e. The van der Waals surface area contributed by atoms with Crippen molar-refractivity contribution in [3.63, 3.8) is 0 Å². The fourth-order valence-electron chi connectivity index (χ4n) is 2.10. The minimum absolute atomic E-state index is 0.173. The van der Waals surface area contributed by atoms with Crippen LogP contribution in [-0.2, 0) is 0 Å². The summed E-state index contributed by atoms with van der Waals surface area (Å²) in [5.41, 5.74) is 4.86. The highest BCUT2D eigenvalue weighted by molar-refractivity contribution is 5.10. The van der Waals surface area contributed by atoms with Gasteiger partial charge in [0, 0.05) is 6.04 Å². The van der Waals surface area contributed by atoms with Gasteiger partial charge in [-0.15, -0.1) is 0 Å². The summed E-state index contributed by atoms with van der Waals surface area (Å²) in [4.78, 5) is 0. The first-order valence-electron chi connectivity index (χ1n) is 4.15. The highest BCUT2D eigenvalue weighted by Gasteiger charge is 2.53. The minimum atomic E-state index is -1.12. The van der Waals surface area contributed by atoms with Gasteiger partial charge in [-0.05, 0) is 12.8 Å². The summed E-state index contributed by atoms with van der Waals surface area (Å²) in [6, 6.07) is -0.173. The van der Waals surface area contributed by atoms with Crippen LogP contribution < -0.4 is 11.1 Å². The SMILES string of the molecule is N[C@]12CC[C@H](N1)[C@@H](O)[C@H](O)[C@H]2O. The van der Waals surface area contributed by atoms with Gasteiger partial charge >= 0.3 is 0 Å². The molecule has 12 heavy (non-hydrogen) atoms. The van der Waals surface area contributed by atoms with Gasteiger partial charge in [-0.2, -0.15) is 0 Å². The summed E-state index contributed by atoms with van der Waals surface area (Å²) in [6.45, 7) is 0. The molecule has 2 heterocycles. The van der Waals surface area contributed by atoms with Gasteiger partial charge in [-0.1, -0.05) is 0 Å². The number of aliphatic hydroxyl groups is 3. The van der Waals surface area contributed by atoms with Crippen molar-refractivity contribution in [2.75, 3.05) is 0 Å². The van der Waals surface area contributed by atoms with Gasteiger partial charge in [-0.3, -0.25) is 5.32 Å². The van der Waals surface area contributed by atoms with Crippen LogP contribution in [0.3, 0.4) is 0 Å². The van der Waals surface area contributed by atoms with Crippen LogP contribution in [-0.4, -0.2) is 45.3 Å². The normalized spacial score (nSPS) is 59.0. The average Bonchev–Trinajstić information content (AvgIpc) is 2.41. The summed E-state index contributed by atoms with van der Waals surface area (Å²) in [6.07, 6.45) is -1.81. The zero-order valence-electron chi connectivity index (χ0n) is 6.64. The van der Waals surface area contributed by atoms with E-state index in [0.717, 1.165) is 0 Å². The first-order valence-corrected chi connectivity index (χ1v) is 4.15. The zero-order valence-corrected chi connectivity index (χ0v) is 6.64. The first kappa shape index (κ1) is 8.40. The molecule has 2 aliphatic rings. The van der Waals surface area contributed by atoms with E-state index < -0.39 is 24.0 Å². The molecule has 2 rings (SSSR count). The van der Waals surface area contributed by atoms with Gasteiger partial charge in [0.1, 0.15) is 12.2 Å². The summed E-state index contributed by atoms with van der Waals surface area (Å²) in [7, 11) is 0. The van der Waals surface area contributed by atoms with Crippen molar-refractivity contribution in [2.45, 2.75) is 42.9 Å². The molecule has 0 saturated carbocycles. The molecule has 2 fully saturated rings. The Balaban J connectivity index is 2.25. The Morgan fingerprint density at radius 2 is 1.92 bits per heavy atom. The maximum atomic E-state index is 9.50. The molecule has 0 aliphatic carbocycles. The van der Waals surface area contributed by atoms with Crippen molar-refractivity contribution in [1.82, 2.24) is 5.32 Å². The van der Waals surface area contributed by atoms with Crippen molar-refractivity contribution in [3.05, 3.63) is 0 Å². The molecule has 0 aromatic rings. The van der Waals surface area contributed by atoms with E-state index in [0.29, 0.717) is 12.8 Å². The topological polar surface area (TPSA) is 98.7 Å². The number of nitrogens with one attached hydrogen (secondary N) is 1. The van der Waals surface area contributed by atoms with Crippen LogP contribution >= 0.6 is 0 Å². The van der Waals surface area contributed by atoms with Gasteiger partial charge in [0.05, 0.1) is 11.8 Å². The monoisotopic (exact) mass is 174 g/mol. The first-order chi connectivity index (χ1) is 5.54. The zero-order chi connectivity index (χ0) is 8.93. The number of rotatable bonds is 0. The van der Waals surface area contributed by atoms with Crippen molar-refractivity contribution in [3.8, 4) is 0 Å².